The Balaban J connectivity index is 1.70. The Bertz CT molecular complexity index is 708. The fourth-order valence-electron chi connectivity index (χ4n) is 2.63. The summed E-state index contributed by atoms with van der Waals surface area (Å²) in [6.07, 6.45) is 6.56. The molecule has 2 aromatic heterocycles. The number of aromatic nitrogens is 4. The average Bonchev–Trinajstić information content (AvgIpc) is 3.05. The molecule has 1 amide bonds. The molecule has 0 bridgehead atoms. The van der Waals surface area contributed by atoms with Crippen LogP contribution in [0.2, 0.25) is 0 Å². The third-order valence-electron chi connectivity index (χ3n) is 3.80. The molecule has 1 unspecified atom stereocenters. The van der Waals surface area contributed by atoms with E-state index >= 15 is 0 Å². The smallest absolute Gasteiger partial charge is 0.293 e. The monoisotopic (exact) mass is 302 g/mol. The molecule has 1 aliphatic heterocycles. The number of amides is 1. The number of piperidine rings is 1. The molecule has 22 heavy (non-hydrogen) atoms. The van der Waals surface area contributed by atoms with E-state index in [1.807, 2.05) is 4.90 Å². The van der Waals surface area contributed by atoms with Crippen molar-refractivity contribution >= 4 is 11.7 Å². The van der Waals surface area contributed by atoms with Gasteiger partial charge in [-0.3, -0.25) is 14.7 Å². The number of aryl methyl sites for hydroxylation is 1. The fourth-order valence-corrected chi connectivity index (χ4v) is 2.63. The lowest BCUT2D eigenvalue weighted by Crippen LogP contribution is -2.49. The van der Waals surface area contributed by atoms with Crippen molar-refractivity contribution in [1.82, 2.24) is 25.1 Å². The molecule has 3 rings (SSSR count). The number of rotatable bonds is 3. The molecule has 116 valence electrons. The first kappa shape index (κ1) is 14.3. The third-order valence-corrected chi connectivity index (χ3v) is 3.80. The molecule has 0 aliphatic carbocycles. The highest BCUT2D eigenvalue weighted by Crippen LogP contribution is 2.14. The molecule has 2 aromatic rings. The summed E-state index contributed by atoms with van der Waals surface area (Å²) >= 11 is 0. The minimum atomic E-state index is -0.182. The van der Waals surface area contributed by atoms with Crippen molar-refractivity contribution in [2.45, 2.75) is 18.9 Å². The minimum absolute atomic E-state index is 0.0173. The van der Waals surface area contributed by atoms with Crippen LogP contribution in [-0.4, -0.2) is 44.8 Å². The van der Waals surface area contributed by atoms with Crippen molar-refractivity contribution in [3.63, 3.8) is 0 Å². The van der Waals surface area contributed by atoms with Gasteiger partial charge in [-0.25, -0.2) is 4.98 Å². The van der Waals surface area contributed by atoms with Crippen LogP contribution in [0.5, 0.6) is 0 Å². The van der Waals surface area contributed by atoms with Gasteiger partial charge in [-0.1, -0.05) is 0 Å². The number of H-pyrrole nitrogens is 1. The third kappa shape index (κ3) is 2.85. The fraction of sp³-hybridized carbons (Fsp3) is 0.429. The molecule has 1 saturated heterocycles. The summed E-state index contributed by atoms with van der Waals surface area (Å²) in [6, 6.07) is 1.61. The number of hydrogen-bond acceptors (Lipinski definition) is 5. The lowest BCUT2D eigenvalue weighted by Gasteiger charge is -2.33. The molecule has 0 radical (unpaired) electrons. The van der Waals surface area contributed by atoms with E-state index in [1.54, 1.807) is 31.7 Å². The lowest BCUT2D eigenvalue weighted by atomic mass is 10.1. The molecule has 0 spiro atoms. The SMILES string of the molecule is Cn1ccnc(N2CCCC(NC(=O)c3ccn[nH]3)C2)c1=O. The van der Waals surface area contributed by atoms with Crippen LogP contribution in [0.25, 0.3) is 0 Å². The van der Waals surface area contributed by atoms with Crippen LogP contribution in [0, 0.1) is 0 Å². The maximum atomic E-state index is 12.1. The van der Waals surface area contributed by atoms with Gasteiger partial charge >= 0.3 is 0 Å². The molecular weight excluding hydrogens is 284 g/mol. The van der Waals surface area contributed by atoms with Crippen molar-refractivity contribution in [2.24, 2.45) is 7.05 Å². The molecule has 0 aromatic carbocycles. The van der Waals surface area contributed by atoms with Gasteiger partial charge in [-0.15, -0.1) is 0 Å². The summed E-state index contributed by atoms with van der Waals surface area (Å²) in [5.74, 6) is 0.253. The van der Waals surface area contributed by atoms with Gasteiger partial charge in [-0.05, 0) is 18.9 Å². The average molecular weight is 302 g/mol. The zero-order valence-electron chi connectivity index (χ0n) is 12.3. The van der Waals surface area contributed by atoms with Crippen molar-refractivity contribution in [3.05, 3.63) is 40.7 Å². The van der Waals surface area contributed by atoms with Crippen LogP contribution in [0.15, 0.2) is 29.5 Å². The standard InChI is InChI=1S/C14H18N6O2/c1-19-8-6-15-12(14(19)22)20-7-2-3-10(9-20)17-13(21)11-4-5-16-18-11/h4-6,8,10H,2-3,7,9H2,1H3,(H,16,18)(H,17,21). The Morgan fingerprint density at radius 3 is 3.09 bits per heavy atom. The van der Waals surface area contributed by atoms with E-state index in [-0.39, 0.29) is 17.5 Å². The van der Waals surface area contributed by atoms with E-state index < -0.39 is 0 Å². The topological polar surface area (TPSA) is 95.9 Å². The molecule has 8 heteroatoms. The highest BCUT2D eigenvalue weighted by Gasteiger charge is 2.24. The van der Waals surface area contributed by atoms with E-state index in [1.165, 1.54) is 4.57 Å². The number of aromatic amines is 1. The normalized spacial score (nSPS) is 18.2. The summed E-state index contributed by atoms with van der Waals surface area (Å²) in [7, 11) is 1.70. The molecule has 1 aliphatic rings. The summed E-state index contributed by atoms with van der Waals surface area (Å²) < 4.78 is 1.51. The van der Waals surface area contributed by atoms with Gasteiger partial charge in [0.15, 0.2) is 5.82 Å². The van der Waals surface area contributed by atoms with E-state index in [0.717, 1.165) is 19.4 Å². The first-order chi connectivity index (χ1) is 10.6. The Morgan fingerprint density at radius 2 is 2.32 bits per heavy atom. The summed E-state index contributed by atoms with van der Waals surface area (Å²) in [4.78, 5) is 30.3. The quantitative estimate of drug-likeness (QED) is 0.825. The van der Waals surface area contributed by atoms with Crippen LogP contribution in [-0.2, 0) is 7.05 Å². The van der Waals surface area contributed by atoms with Crippen LogP contribution in [0.3, 0.4) is 0 Å². The lowest BCUT2D eigenvalue weighted by molar-refractivity contribution is 0.0928. The Hall–Kier alpha value is -2.64. The zero-order chi connectivity index (χ0) is 15.5. The van der Waals surface area contributed by atoms with Gasteiger partial charge in [-0.2, -0.15) is 5.10 Å². The highest BCUT2D eigenvalue weighted by molar-refractivity contribution is 5.92. The first-order valence-electron chi connectivity index (χ1n) is 7.22. The second kappa shape index (κ2) is 6.00. The molecule has 0 saturated carbocycles. The zero-order valence-corrected chi connectivity index (χ0v) is 12.3. The van der Waals surface area contributed by atoms with Gasteiger partial charge in [0.05, 0.1) is 0 Å². The van der Waals surface area contributed by atoms with Crippen molar-refractivity contribution < 1.29 is 4.79 Å². The van der Waals surface area contributed by atoms with E-state index in [0.29, 0.717) is 18.1 Å². The van der Waals surface area contributed by atoms with Gasteiger partial charge in [0.2, 0.25) is 0 Å². The van der Waals surface area contributed by atoms with Gasteiger partial charge in [0.1, 0.15) is 5.69 Å². The van der Waals surface area contributed by atoms with E-state index in [4.69, 9.17) is 0 Å². The minimum Gasteiger partial charge on any atom is -0.350 e. The first-order valence-corrected chi connectivity index (χ1v) is 7.22. The van der Waals surface area contributed by atoms with Crippen LogP contribution >= 0.6 is 0 Å². The van der Waals surface area contributed by atoms with Crippen molar-refractivity contribution in [1.29, 1.82) is 0 Å². The Morgan fingerprint density at radius 1 is 1.45 bits per heavy atom. The van der Waals surface area contributed by atoms with Gasteiger partial charge in [0.25, 0.3) is 11.5 Å². The molecular formula is C14H18N6O2. The predicted octanol–water partition coefficient (Wildman–Crippen LogP) is -0.0978. The molecule has 2 N–H and O–H groups in total. The van der Waals surface area contributed by atoms with Gasteiger partial charge < -0.3 is 14.8 Å². The number of carbonyl (C=O) groups is 1. The van der Waals surface area contributed by atoms with E-state index in [2.05, 4.69) is 20.5 Å². The maximum absolute atomic E-state index is 12.1. The number of nitrogens with zero attached hydrogens (tertiary/aromatic N) is 4. The molecule has 1 fully saturated rings. The molecule has 8 nitrogen and oxygen atoms in total. The van der Waals surface area contributed by atoms with E-state index in [9.17, 15) is 9.59 Å². The Kier molecular flexibility index (Phi) is 3.90. The highest BCUT2D eigenvalue weighted by atomic mass is 16.2. The van der Waals surface area contributed by atoms with Crippen LogP contribution in [0.4, 0.5) is 5.82 Å². The number of nitrogens with one attached hydrogen (secondary N) is 2. The summed E-state index contributed by atoms with van der Waals surface area (Å²) in [6.45, 7) is 1.34. The maximum Gasteiger partial charge on any atom is 0.293 e. The predicted molar refractivity (Wildman–Crippen MR) is 80.8 cm³/mol. The molecule has 1 atom stereocenters. The second-order valence-corrected chi connectivity index (χ2v) is 5.40. The largest absolute Gasteiger partial charge is 0.350 e. The number of hydrogen-bond donors (Lipinski definition) is 2. The van der Waals surface area contributed by atoms with Crippen molar-refractivity contribution in [3.8, 4) is 0 Å². The Labute approximate surface area is 127 Å². The molecule has 3 heterocycles. The van der Waals surface area contributed by atoms with Crippen LogP contribution in [0.1, 0.15) is 23.3 Å². The summed E-state index contributed by atoms with van der Waals surface area (Å²) in [5.41, 5.74) is 0.314. The number of carbonyl (C=O) groups excluding carboxylic acids is 1. The van der Waals surface area contributed by atoms with Crippen molar-refractivity contribution in [2.75, 3.05) is 18.0 Å². The number of anilines is 1. The van der Waals surface area contributed by atoms with Crippen LogP contribution < -0.4 is 15.8 Å². The second-order valence-electron chi connectivity index (χ2n) is 5.40. The van der Waals surface area contributed by atoms with Gasteiger partial charge in [0, 0.05) is 44.8 Å². The summed E-state index contributed by atoms with van der Waals surface area (Å²) in [5, 5.41) is 9.38.